The van der Waals surface area contributed by atoms with Crippen molar-refractivity contribution in [3.63, 3.8) is 0 Å². The topological polar surface area (TPSA) is 59.9 Å². The van der Waals surface area contributed by atoms with Gasteiger partial charge in [-0.1, -0.05) is 12.1 Å². The van der Waals surface area contributed by atoms with Crippen LogP contribution in [0.2, 0.25) is 0 Å². The van der Waals surface area contributed by atoms with Crippen LogP contribution in [0.1, 0.15) is 5.56 Å². The summed E-state index contributed by atoms with van der Waals surface area (Å²) in [6.45, 7) is 0. The molecule has 0 aliphatic heterocycles. The number of hydrogen-bond acceptors (Lipinski definition) is 2. The van der Waals surface area contributed by atoms with Crippen molar-refractivity contribution in [3.8, 4) is 16.9 Å². The van der Waals surface area contributed by atoms with Gasteiger partial charge in [-0.3, -0.25) is 0 Å². The highest BCUT2D eigenvalue weighted by atomic mass is 16.3. The first-order valence-corrected chi connectivity index (χ1v) is 5.69. The number of aromatic nitrogens is 1. The molecule has 18 heavy (non-hydrogen) atoms. The van der Waals surface area contributed by atoms with Crippen molar-refractivity contribution in [1.29, 1.82) is 5.41 Å². The van der Waals surface area contributed by atoms with Gasteiger partial charge in [0.1, 0.15) is 5.75 Å². The van der Waals surface area contributed by atoms with Crippen LogP contribution in [0.15, 0.2) is 48.7 Å². The van der Waals surface area contributed by atoms with Crippen molar-refractivity contribution in [2.24, 2.45) is 0 Å². The highest BCUT2D eigenvalue weighted by Crippen LogP contribution is 2.27. The Morgan fingerprint density at radius 3 is 2.61 bits per heavy atom. The summed E-state index contributed by atoms with van der Waals surface area (Å²) in [4.78, 5) is 3.15. The molecule has 0 unspecified atom stereocenters. The molecular formula is C15H12N2O. The zero-order valence-corrected chi connectivity index (χ0v) is 9.64. The van der Waals surface area contributed by atoms with Gasteiger partial charge in [-0.05, 0) is 46.8 Å². The van der Waals surface area contributed by atoms with Crippen LogP contribution in [-0.2, 0) is 0 Å². The Labute approximate surface area is 104 Å². The lowest BCUT2D eigenvalue weighted by Gasteiger charge is -2.05. The Hall–Kier alpha value is -2.55. The zero-order valence-electron chi connectivity index (χ0n) is 9.64. The minimum atomic E-state index is 0.136. The maximum absolute atomic E-state index is 9.56. The van der Waals surface area contributed by atoms with Crippen LogP contribution in [0.5, 0.6) is 5.75 Å². The molecule has 0 fully saturated rings. The maximum atomic E-state index is 9.56. The summed E-state index contributed by atoms with van der Waals surface area (Å²) in [5, 5.41) is 18.0. The van der Waals surface area contributed by atoms with E-state index in [1.165, 1.54) is 0 Å². The van der Waals surface area contributed by atoms with E-state index in [2.05, 4.69) is 11.1 Å². The first kappa shape index (κ1) is 10.6. The van der Waals surface area contributed by atoms with Gasteiger partial charge in [0.25, 0.3) is 0 Å². The first-order valence-electron chi connectivity index (χ1n) is 5.69. The molecule has 3 aromatic rings. The minimum absolute atomic E-state index is 0.136. The number of aromatic amines is 1. The molecule has 0 atom stereocenters. The van der Waals surface area contributed by atoms with Crippen LogP contribution in [0.25, 0.3) is 22.0 Å². The van der Waals surface area contributed by atoms with E-state index in [4.69, 9.17) is 5.41 Å². The van der Waals surface area contributed by atoms with E-state index in [-0.39, 0.29) is 5.75 Å². The SMILES string of the molecule is N=Cc1cc(-c2ccc3[nH]ccc3c2)ccc1O. The summed E-state index contributed by atoms with van der Waals surface area (Å²) in [6.07, 6.45) is 3.07. The predicted molar refractivity (Wildman–Crippen MR) is 73.3 cm³/mol. The second-order valence-corrected chi connectivity index (χ2v) is 4.20. The predicted octanol–water partition coefficient (Wildman–Crippen LogP) is 3.54. The van der Waals surface area contributed by atoms with E-state index in [1.54, 1.807) is 6.07 Å². The van der Waals surface area contributed by atoms with Gasteiger partial charge in [-0.25, -0.2) is 0 Å². The van der Waals surface area contributed by atoms with Gasteiger partial charge >= 0.3 is 0 Å². The summed E-state index contributed by atoms with van der Waals surface area (Å²) in [7, 11) is 0. The number of benzene rings is 2. The Morgan fingerprint density at radius 2 is 1.78 bits per heavy atom. The Morgan fingerprint density at radius 1 is 1.00 bits per heavy atom. The summed E-state index contributed by atoms with van der Waals surface area (Å²) < 4.78 is 0. The molecule has 88 valence electrons. The molecule has 1 aromatic heterocycles. The molecule has 0 radical (unpaired) electrons. The molecule has 1 heterocycles. The van der Waals surface area contributed by atoms with Gasteiger partial charge in [-0.2, -0.15) is 0 Å². The highest BCUT2D eigenvalue weighted by Gasteiger charge is 2.04. The van der Waals surface area contributed by atoms with Crippen LogP contribution >= 0.6 is 0 Å². The second-order valence-electron chi connectivity index (χ2n) is 4.20. The smallest absolute Gasteiger partial charge is 0.124 e. The standard InChI is InChI=1S/C15H12N2O/c16-9-13-8-11(2-4-15(13)18)10-1-3-14-12(7-10)5-6-17-14/h1-9,16-18H. The van der Waals surface area contributed by atoms with Gasteiger partial charge in [0.2, 0.25) is 0 Å². The molecule has 0 aliphatic rings. The molecule has 3 heteroatoms. The van der Waals surface area contributed by atoms with E-state index in [0.717, 1.165) is 28.2 Å². The fourth-order valence-corrected chi connectivity index (χ4v) is 2.08. The van der Waals surface area contributed by atoms with Crippen molar-refractivity contribution >= 4 is 17.1 Å². The van der Waals surface area contributed by atoms with Crippen molar-refractivity contribution in [3.05, 3.63) is 54.2 Å². The Balaban J connectivity index is 2.15. The lowest BCUT2D eigenvalue weighted by atomic mass is 10.0. The number of phenolic OH excluding ortho intramolecular Hbond substituents is 1. The monoisotopic (exact) mass is 236 g/mol. The second kappa shape index (κ2) is 4.04. The van der Waals surface area contributed by atoms with Gasteiger partial charge in [0.15, 0.2) is 0 Å². The minimum Gasteiger partial charge on any atom is -0.507 e. The molecule has 0 bridgehead atoms. The molecule has 0 saturated heterocycles. The highest BCUT2D eigenvalue weighted by molar-refractivity contribution is 5.88. The zero-order chi connectivity index (χ0) is 12.5. The number of nitrogens with one attached hydrogen (secondary N) is 2. The quantitative estimate of drug-likeness (QED) is 0.585. The maximum Gasteiger partial charge on any atom is 0.124 e. The average molecular weight is 236 g/mol. The third kappa shape index (κ3) is 1.66. The van der Waals surface area contributed by atoms with E-state index in [1.807, 2.05) is 36.5 Å². The van der Waals surface area contributed by atoms with Crippen LogP contribution in [-0.4, -0.2) is 16.3 Å². The molecule has 3 rings (SSSR count). The summed E-state index contributed by atoms with van der Waals surface area (Å²) in [5.74, 6) is 0.136. The number of H-pyrrole nitrogens is 1. The Bertz CT molecular complexity index is 728. The molecule has 0 amide bonds. The van der Waals surface area contributed by atoms with Gasteiger partial charge in [0.05, 0.1) is 0 Å². The number of aromatic hydroxyl groups is 1. The van der Waals surface area contributed by atoms with Gasteiger partial charge in [0, 0.05) is 23.5 Å². The van der Waals surface area contributed by atoms with Crippen molar-refractivity contribution in [2.45, 2.75) is 0 Å². The molecule has 0 saturated carbocycles. The van der Waals surface area contributed by atoms with E-state index < -0.39 is 0 Å². The van der Waals surface area contributed by atoms with E-state index in [9.17, 15) is 5.11 Å². The van der Waals surface area contributed by atoms with Gasteiger partial charge < -0.3 is 15.5 Å². The van der Waals surface area contributed by atoms with E-state index in [0.29, 0.717) is 5.56 Å². The van der Waals surface area contributed by atoms with Crippen LogP contribution < -0.4 is 0 Å². The third-order valence-corrected chi connectivity index (χ3v) is 3.07. The molecule has 3 nitrogen and oxygen atoms in total. The average Bonchev–Trinajstić information content (AvgIpc) is 2.86. The molecule has 3 N–H and O–H groups in total. The van der Waals surface area contributed by atoms with Gasteiger partial charge in [-0.15, -0.1) is 0 Å². The number of fused-ring (bicyclic) bond motifs is 1. The number of phenols is 1. The van der Waals surface area contributed by atoms with Crippen molar-refractivity contribution in [1.82, 2.24) is 4.98 Å². The molecule has 0 aliphatic carbocycles. The normalized spacial score (nSPS) is 10.7. The number of hydrogen-bond donors (Lipinski definition) is 3. The van der Waals surface area contributed by atoms with Crippen LogP contribution in [0.4, 0.5) is 0 Å². The Kier molecular flexibility index (Phi) is 2.38. The fraction of sp³-hybridized carbons (Fsp3) is 0. The summed E-state index contributed by atoms with van der Waals surface area (Å²) in [6, 6.07) is 13.5. The number of rotatable bonds is 2. The molecule has 0 spiro atoms. The summed E-state index contributed by atoms with van der Waals surface area (Å²) in [5.41, 5.74) is 3.70. The van der Waals surface area contributed by atoms with E-state index >= 15 is 0 Å². The lowest BCUT2D eigenvalue weighted by molar-refractivity contribution is 0.474. The van der Waals surface area contributed by atoms with Crippen LogP contribution in [0, 0.1) is 5.41 Å². The van der Waals surface area contributed by atoms with Crippen molar-refractivity contribution < 1.29 is 5.11 Å². The van der Waals surface area contributed by atoms with Crippen LogP contribution in [0.3, 0.4) is 0 Å². The third-order valence-electron chi connectivity index (χ3n) is 3.07. The molecular weight excluding hydrogens is 224 g/mol. The lowest BCUT2D eigenvalue weighted by Crippen LogP contribution is -1.84. The first-order chi connectivity index (χ1) is 8.78. The largest absolute Gasteiger partial charge is 0.507 e. The van der Waals surface area contributed by atoms with Crippen molar-refractivity contribution in [2.75, 3.05) is 0 Å². The molecule has 2 aromatic carbocycles. The fourth-order valence-electron chi connectivity index (χ4n) is 2.08. The summed E-state index contributed by atoms with van der Waals surface area (Å²) >= 11 is 0.